The van der Waals surface area contributed by atoms with Crippen LogP contribution in [0.15, 0.2) is 12.2 Å². The third-order valence-corrected chi connectivity index (χ3v) is 6.87. The van der Waals surface area contributed by atoms with Crippen molar-refractivity contribution in [3.63, 3.8) is 0 Å². The van der Waals surface area contributed by atoms with Crippen LogP contribution in [0.1, 0.15) is 187 Å². The molecule has 0 heterocycles. The monoisotopic (exact) mass is 434 g/mol. The molecular weight excluding hydrogens is 372 g/mol. The molecule has 0 aromatic heterocycles. The van der Waals surface area contributed by atoms with Gasteiger partial charge < -0.3 is 0 Å². The first-order chi connectivity index (χ1) is 15.4. The number of allylic oxidation sites excluding steroid dienone is 2. The fourth-order valence-electron chi connectivity index (χ4n) is 4.62. The molecule has 0 spiro atoms. The van der Waals surface area contributed by atoms with E-state index in [1.807, 2.05) is 0 Å². The Kier molecular flexibility index (Phi) is 29.5. The molecule has 0 radical (unpaired) electrons. The maximum Gasteiger partial charge on any atom is -0.0351 e. The lowest BCUT2D eigenvalue weighted by Crippen LogP contribution is -1.84. The van der Waals surface area contributed by atoms with Crippen molar-refractivity contribution in [3.05, 3.63) is 12.2 Å². The van der Waals surface area contributed by atoms with Gasteiger partial charge in [-0.05, 0) is 25.7 Å². The number of hydrogen-bond donors (Lipinski definition) is 0. The Hall–Kier alpha value is -0.260. The average molecular weight is 435 g/mol. The zero-order valence-electron chi connectivity index (χ0n) is 22.2. The van der Waals surface area contributed by atoms with E-state index >= 15 is 0 Å². The molecule has 0 aromatic carbocycles. The van der Waals surface area contributed by atoms with E-state index < -0.39 is 0 Å². The minimum absolute atomic E-state index is 1.31. The predicted molar refractivity (Wildman–Crippen MR) is 145 cm³/mol. The Labute approximate surface area is 199 Å². The lowest BCUT2D eigenvalue weighted by molar-refractivity contribution is 0.522. The molecule has 0 saturated heterocycles. The summed E-state index contributed by atoms with van der Waals surface area (Å²) in [5, 5.41) is 0. The first-order valence-corrected chi connectivity index (χ1v) is 15.1. The van der Waals surface area contributed by atoms with Crippen molar-refractivity contribution < 1.29 is 0 Å². The molecule has 186 valence electrons. The molecule has 0 amide bonds. The average Bonchev–Trinajstić information content (AvgIpc) is 2.78. The van der Waals surface area contributed by atoms with Crippen LogP contribution < -0.4 is 0 Å². The summed E-state index contributed by atoms with van der Waals surface area (Å²) in [7, 11) is 0. The minimum atomic E-state index is 1.31. The molecule has 0 fully saturated rings. The van der Waals surface area contributed by atoms with Crippen LogP contribution in [0.3, 0.4) is 0 Å². The molecule has 0 rings (SSSR count). The Morgan fingerprint density at radius 1 is 0.258 bits per heavy atom. The SMILES string of the molecule is CCCCCCC/C=C\CCCCCCCCCCCCCCCCCCCCCC. The summed E-state index contributed by atoms with van der Waals surface area (Å²) in [5.41, 5.74) is 0. The van der Waals surface area contributed by atoms with Crippen LogP contribution in [0.25, 0.3) is 0 Å². The molecule has 0 aliphatic heterocycles. The van der Waals surface area contributed by atoms with Gasteiger partial charge >= 0.3 is 0 Å². The molecule has 0 atom stereocenters. The maximum absolute atomic E-state index is 2.44. The van der Waals surface area contributed by atoms with Crippen molar-refractivity contribution in [2.45, 2.75) is 187 Å². The summed E-state index contributed by atoms with van der Waals surface area (Å²) in [6, 6.07) is 0. The fourth-order valence-corrected chi connectivity index (χ4v) is 4.62. The molecule has 0 saturated carbocycles. The zero-order valence-corrected chi connectivity index (χ0v) is 22.2. The third kappa shape index (κ3) is 29.7. The van der Waals surface area contributed by atoms with Gasteiger partial charge in [0.25, 0.3) is 0 Å². The Balaban J connectivity index is 3.03. The van der Waals surface area contributed by atoms with Crippen molar-refractivity contribution in [2.24, 2.45) is 0 Å². The first kappa shape index (κ1) is 30.7. The highest BCUT2D eigenvalue weighted by molar-refractivity contribution is 4.81. The lowest BCUT2D eigenvalue weighted by Gasteiger charge is -2.04. The maximum atomic E-state index is 2.44. The van der Waals surface area contributed by atoms with Gasteiger partial charge in [-0.2, -0.15) is 0 Å². The van der Waals surface area contributed by atoms with Crippen molar-refractivity contribution >= 4 is 0 Å². The molecule has 0 unspecified atom stereocenters. The molecule has 0 aliphatic rings. The van der Waals surface area contributed by atoms with Gasteiger partial charge in [-0.15, -0.1) is 0 Å². The second-order valence-corrected chi connectivity index (χ2v) is 10.2. The molecule has 0 nitrogen and oxygen atoms in total. The van der Waals surface area contributed by atoms with Gasteiger partial charge in [0.2, 0.25) is 0 Å². The van der Waals surface area contributed by atoms with Crippen molar-refractivity contribution in [2.75, 3.05) is 0 Å². The molecule has 0 heteroatoms. The van der Waals surface area contributed by atoms with Crippen molar-refractivity contribution in [3.8, 4) is 0 Å². The van der Waals surface area contributed by atoms with Crippen LogP contribution in [0.4, 0.5) is 0 Å². The van der Waals surface area contributed by atoms with Gasteiger partial charge in [0.05, 0.1) is 0 Å². The molecule has 0 N–H and O–H groups in total. The van der Waals surface area contributed by atoms with E-state index in [9.17, 15) is 0 Å². The highest BCUT2D eigenvalue weighted by Crippen LogP contribution is 2.15. The second kappa shape index (κ2) is 29.7. The highest BCUT2D eigenvalue weighted by Gasteiger charge is 1.95. The number of unbranched alkanes of at least 4 members (excludes halogenated alkanes) is 25. The van der Waals surface area contributed by atoms with Crippen LogP contribution in [0.2, 0.25) is 0 Å². The van der Waals surface area contributed by atoms with Crippen LogP contribution in [-0.4, -0.2) is 0 Å². The van der Waals surface area contributed by atoms with Crippen LogP contribution in [-0.2, 0) is 0 Å². The third-order valence-electron chi connectivity index (χ3n) is 6.87. The standard InChI is InChI=1S/C31H62/c1-3-5-7-9-11-13-15-17-19-21-23-25-27-29-31-30-28-26-24-22-20-18-16-14-12-10-8-6-4-2/h15,17H,3-14,16,18-31H2,1-2H3/b17-15-. The van der Waals surface area contributed by atoms with Gasteiger partial charge in [0, 0.05) is 0 Å². The predicted octanol–water partition coefficient (Wildman–Crippen LogP) is 12.1. The van der Waals surface area contributed by atoms with E-state index in [-0.39, 0.29) is 0 Å². The summed E-state index contributed by atoms with van der Waals surface area (Å²) in [5.74, 6) is 0. The van der Waals surface area contributed by atoms with Crippen LogP contribution in [0, 0.1) is 0 Å². The summed E-state index contributed by atoms with van der Waals surface area (Å²) in [6.07, 6.45) is 43.9. The smallest absolute Gasteiger partial charge is 0.0351 e. The van der Waals surface area contributed by atoms with E-state index in [1.54, 1.807) is 0 Å². The minimum Gasteiger partial charge on any atom is -0.0885 e. The van der Waals surface area contributed by atoms with E-state index in [2.05, 4.69) is 26.0 Å². The van der Waals surface area contributed by atoms with Crippen LogP contribution >= 0.6 is 0 Å². The van der Waals surface area contributed by atoms with Crippen molar-refractivity contribution in [1.29, 1.82) is 0 Å². The number of rotatable bonds is 27. The highest BCUT2D eigenvalue weighted by atomic mass is 14.0. The van der Waals surface area contributed by atoms with Gasteiger partial charge in [0.1, 0.15) is 0 Å². The lowest BCUT2D eigenvalue weighted by atomic mass is 10.0. The topological polar surface area (TPSA) is 0 Å². The van der Waals surface area contributed by atoms with E-state index in [1.165, 1.54) is 173 Å². The molecule has 0 aromatic rings. The molecule has 0 bridgehead atoms. The Bertz CT molecular complexity index is 316. The van der Waals surface area contributed by atoms with Gasteiger partial charge in [-0.1, -0.05) is 174 Å². The number of hydrogen-bond acceptors (Lipinski definition) is 0. The van der Waals surface area contributed by atoms with Gasteiger partial charge in [0.15, 0.2) is 0 Å². The summed E-state index contributed by atoms with van der Waals surface area (Å²) in [4.78, 5) is 0. The largest absolute Gasteiger partial charge is 0.0885 e. The first-order valence-electron chi connectivity index (χ1n) is 15.1. The molecule has 0 aliphatic carbocycles. The second-order valence-electron chi connectivity index (χ2n) is 10.2. The Morgan fingerprint density at radius 3 is 0.677 bits per heavy atom. The summed E-state index contributed by atoms with van der Waals surface area (Å²) < 4.78 is 0. The normalized spacial score (nSPS) is 11.7. The van der Waals surface area contributed by atoms with Gasteiger partial charge in [-0.3, -0.25) is 0 Å². The Morgan fingerprint density at radius 2 is 0.452 bits per heavy atom. The molecular formula is C31H62. The molecule has 31 heavy (non-hydrogen) atoms. The summed E-state index contributed by atoms with van der Waals surface area (Å²) >= 11 is 0. The fraction of sp³-hybridized carbons (Fsp3) is 0.935. The summed E-state index contributed by atoms with van der Waals surface area (Å²) in [6.45, 7) is 4.60. The van der Waals surface area contributed by atoms with Gasteiger partial charge in [-0.25, -0.2) is 0 Å². The van der Waals surface area contributed by atoms with Crippen LogP contribution in [0.5, 0.6) is 0 Å². The van der Waals surface area contributed by atoms with E-state index in [0.717, 1.165) is 0 Å². The zero-order chi connectivity index (χ0) is 22.5. The van der Waals surface area contributed by atoms with Crippen molar-refractivity contribution in [1.82, 2.24) is 0 Å². The van der Waals surface area contributed by atoms with E-state index in [0.29, 0.717) is 0 Å². The van der Waals surface area contributed by atoms with E-state index in [4.69, 9.17) is 0 Å². The quantitative estimate of drug-likeness (QED) is 0.0890.